The summed E-state index contributed by atoms with van der Waals surface area (Å²) in [6, 6.07) is 18.6. The maximum atomic E-state index is 13.1. The van der Waals surface area contributed by atoms with Crippen LogP contribution in [0.1, 0.15) is 18.9 Å². The number of rotatable bonds is 6. The normalized spacial score (nSPS) is 21.8. The number of benzene rings is 2. The predicted octanol–water partition coefficient (Wildman–Crippen LogP) is 4.14. The number of hydrogen-bond acceptors (Lipinski definition) is 5. The van der Waals surface area contributed by atoms with E-state index >= 15 is 0 Å². The zero-order valence-electron chi connectivity index (χ0n) is 19.4. The van der Waals surface area contributed by atoms with Crippen LogP contribution in [-0.2, 0) is 11.3 Å². The van der Waals surface area contributed by atoms with Gasteiger partial charge in [0.2, 0.25) is 5.91 Å². The number of aliphatic imine (C=N–C) groups is 1. The van der Waals surface area contributed by atoms with E-state index in [-0.39, 0.29) is 18.0 Å². The van der Waals surface area contributed by atoms with Gasteiger partial charge in [0.1, 0.15) is 11.9 Å². The van der Waals surface area contributed by atoms with Crippen LogP contribution in [0.25, 0.3) is 0 Å². The van der Waals surface area contributed by atoms with Gasteiger partial charge in [-0.2, -0.15) is 0 Å². The fourth-order valence-corrected chi connectivity index (χ4v) is 5.07. The minimum absolute atomic E-state index is 0.0253. The molecule has 1 saturated heterocycles. The summed E-state index contributed by atoms with van der Waals surface area (Å²) >= 11 is 6.30. The van der Waals surface area contributed by atoms with Crippen LogP contribution < -0.4 is 15.1 Å². The summed E-state index contributed by atoms with van der Waals surface area (Å²) in [4.78, 5) is 24.5. The molecule has 7 heteroatoms. The predicted molar refractivity (Wildman–Crippen MR) is 139 cm³/mol. The number of nitrogens with zero attached hydrogens (tertiary/aromatic N) is 4. The minimum atomic E-state index is -0.362. The molecule has 0 bridgehead atoms. The number of anilines is 2. The topological polar surface area (TPSA) is 51.2 Å². The van der Waals surface area contributed by atoms with E-state index in [4.69, 9.17) is 11.6 Å². The zero-order chi connectivity index (χ0) is 23.5. The molecule has 176 valence electrons. The van der Waals surface area contributed by atoms with Gasteiger partial charge < -0.3 is 20.0 Å². The van der Waals surface area contributed by atoms with Gasteiger partial charge in [-0.1, -0.05) is 48.9 Å². The number of fused-ring (bicyclic) bond motifs is 1. The number of halogens is 1. The molecule has 0 radical (unpaired) electrons. The number of para-hydroxylation sites is 1. The molecule has 2 atom stereocenters. The van der Waals surface area contributed by atoms with Crippen molar-refractivity contribution in [1.29, 1.82) is 0 Å². The average Bonchev–Trinajstić information content (AvgIpc) is 3.28. The lowest BCUT2D eigenvalue weighted by atomic mass is 10.1. The Kier molecular flexibility index (Phi) is 6.59. The van der Waals surface area contributed by atoms with Crippen molar-refractivity contribution in [2.75, 3.05) is 36.0 Å². The molecule has 3 aliphatic heterocycles. The van der Waals surface area contributed by atoms with E-state index < -0.39 is 0 Å². The quantitative estimate of drug-likeness (QED) is 0.682. The van der Waals surface area contributed by atoms with Crippen molar-refractivity contribution < 1.29 is 4.79 Å². The summed E-state index contributed by atoms with van der Waals surface area (Å²) < 4.78 is 0. The van der Waals surface area contributed by atoms with Crippen LogP contribution >= 0.6 is 11.6 Å². The number of amides is 1. The number of amidine groups is 1. The van der Waals surface area contributed by atoms with Gasteiger partial charge >= 0.3 is 0 Å². The van der Waals surface area contributed by atoms with Gasteiger partial charge in [0.05, 0.1) is 11.1 Å². The first kappa shape index (κ1) is 22.5. The van der Waals surface area contributed by atoms with E-state index in [1.165, 1.54) is 11.4 Å². The summed E-state index contributed by atoms with van der Waals surface area (Å²) in [6.45, 7) is 6.55. The Balaban J connectivity index is 1.15. The Morgan fingerprint density at radius 2 is 1.65 bits per heavy atom. The third kappa shape index (κ3) is 4.55. The van der Waals surface area contributed by atoms with Crippen molar-refractivity contribution in [1.82, 2.24) is 10.2 Å². The van der Waals surface area contributed by atoms with Crippen LogP contribution in [0.15, 0.2) is 83.0 Å². The van der Waals surface area contributed by atoms with E-state index in [1.54, 1.807) is 0 Å². The molecule has 3 heterocycles. The van der Waals surface area contributed by atoms with E-state index in [1.807, 2.05) is 30.2 Å². The van der Waals surface area contributed by atoms with Gasteiger partial charge in [-0.05, 0) is 48.4 Å². The molecule has 1 N–H and O–H groups in total. The second kappa shape index (κ2) is 9.94. The standard InChI is InChI=1S/C27H30ClN5O/c1-2-24-25(33-14-6-9-23(28)26(33)30-24)27(34)29-19-20-10-12-22(13-11-20)32-17-15-31(16-18-32)21-7-4-3-5-8-21/h3-14,24-25H,2,15-19H2,1H3,(H,29,34). The van der Waals surface area contributed by atoms with E-state index in [0.29, 0.717) is 17.4 Å². The van der Waals surface area contributed by atoms with Crippen LogP contribution in [-0.4, -0.2) is 54.9 Å². The fraction of sp³-hybridized carbons (Fsp3) is 0.333. The lowest BCUT2D eigenvalue weighted by Gasteiger charge is -2.37. The van der Waals surface area contributed by atoms with Gasteiger partial charge in [0.15, 0.2) is 0 Å². The highest BCUT2D eigenvalue weighted by Crippen LogP contribution is 2.28. The second-order valence-electron chi connectivity index (χ2n) is 8.83. The maximum Gasteiger partial charge on any atom is 0.245 e. The fourth-order valence-electron chi connectivity index (χ4n) is 4.85. The molecule has 0 saturated carbocycles. The lowest BCUT2D eigenvalue weighted by Crippen LogP contribution is -2.48. The van der Waals surface area contributed by atoms with Crippen molar-refractivity contribution in [3.63, 3.8) is 0 Å². The molecule has 6 nitrogen and oxygen atoms in total. The average molecular weight is 476 g/mol. The zero-order valence-corrected chi connectivity index (χ0v) is 20.2. The molecule has 3 aliphatic rings. The minimum Gasteiger partial charge on any atom is -0.368 e. The molecule has 34 heavy (non-hydrogen) atoms. The van der Waals surface area contributed by atoms with E-state index in [0.717, 1.165) is 38.2 Å². The van der Waals surface area contributed by atoms with Gasteiger partial charge in [0, 0.05) is 50.3 Å². The summed E-state index contributed by atoms with van der Waals surface area (Å²) in [6.07, 6.45) is 6.34. The van der Waals surface area contributed by atoms with Gasteiger partial charge in [-0.15, -0.1) is 0 Å². The van der Waals surface area contributed by atoms with Crippen LogP contribution in [0.2, 0.25) is 0 Å². The lowest BCUT2D eigenvalue weighted by molar-refractivity contribution is -0.124. The maximum absolute atomic E-state index is 13.1. The molecule has 1 fully saturated rings. The van der Waals surface area contributed by atoms with Gasteiger partial charge in [-0.3, -0.25) is 9.79 Å². The van der Waals surface area contributed by atoms with Crippen molar-refractivity contribution in [2.45, 2.75) is 32.0 Å². The van der Waals surface area contributed by atoms with Gasteiger partial charge in [-0.25, -0.2) is 0 Å². The largest absolute Gasteiger partial charge is 0.368 e. The molecule has 0 spiro atoms. The number of hydrogen-bond donors (Lipinski definition) is 1. The Hall–Kier alpha value is -3.25. The third-order valence-corrected chi connectivity index (χ3v) is 7.05. The summed E-state index contributed by atoms with van der Waals surface area (Å²) in [5.74, 6) is 0.663. The van der Waals surface area contributed by atoms with E-state index in [2.05, 4.69) is 74.7 Å². The van der Waals surface area contributed by atoms with Crippen molar-refractivity contribution >= 4 is 34.7 Å². The van der Waals surface area contributed by atoms with E-state index in [9.17, 15) is 4.79 Å². The molecule has 0 aliphatic carbocycles. The van der Waals surface area contributed by atoms with Crippen LogP contribution in [0, 0.1) is 0 Å². The molecule has 2 unspecified atom stereocenters. The van der Waals surface area contributed by atoms with Crippen LogP contribution in [0.3, 0.4) is 0 Å². The number of allylic oxidation sites excluding steroid dienone is 2. The van der Waals surface area contributed by atoms with Crippen molar-refractivity contribution in [3.8, 4) is 0 Å². The Labute approximate surface area is 206 Å². The molecule has 0 aromatic heterocycles. The Morgan fingerprint density at radius 1 is 1.00 bits per heavy atom. The monoisotopic (exact) mass is 475 g/mol. The molecule has 5 rings (SSSR count). The number of carbonyl (C=O) groups is 1. The van der Waals surface area contributed by atoms with Gasteiger partial charge in [0.25, 0.3) is 0 Å². The first-order valence-electron chi connectivity index (χ1n) is 12.0. The van der Waals surface area contributed by atoms with Crippen LogP contribution in [0.4, 0.5) is 11.4 Å². The number of nitrogens with one attached hydrogen (secondary N) is 1. The molecule has 2 aromatic carbocycles. The highest BCUT2D eigenvalue weighted by molar-refractivity contribution is 6.44. The summed E-state index contributed by atoms with van der Waals surface area (Å²) in [7, 11) is 0. The van der Waals surface area contributed by atoms with Crippen LogP contribution in [0.5, 0.6) is 0 Å². The number of carbonyl (C=O) groups excluding carboxylic acids is 1. The third-order valence-electron chi connectivity index (χ3n) is 6.76. The molecular formula is C27H30ClN5O. The Bertz CT molecular complexity index is 1100. The highest BCUT2D eigenvalue weighted by atomic mass is 35.5. The second-order valence-corrected chi connectivity index (χ2v) is 9.24. The molecule has 1 amide bonds. The first-order valence-corrected chi connectivity index (χ1v) is 12.3. The van der Waals surface area contributed by atoms with Crippen molar-refractivity contribution in [2.24, 2.45) is 4.99 Å². The first-order chi connectivity index (χ1) is 16.6. The molecular weight excluding hydrogens is 446 g/mol. The summed E-state index contributed by atoms with van der Waals surface area (Å²) in [5, 5.41) is 3.69. The number of piperazine rings is 1. The highest BCUT2D eigenvalue weighted by Gasteiger charge is 2.40. The molecule has 2 aromatic rings. The SMILES string of the molecule is CCC1N=C2C(Cl)=CC=CN2C1C(=O)NCc1ccc(N2CCN(c3ccccc3)CC2)cc1. The Morgan fingerprint density at radius 3 is 2.29 bits per heavy atom. The van der Waals surface area contributed by atoms with Crippen molar-refractivity contribution in [3.05, 3.63) is 83.5 Å². The summed E-state index contributed by atoms with van der Waals surface area (Å²) in [5.41, 5.74) is 3.60. The smallest absolute Gasteiger partial charge is 0.245 e.